The van der Waals surface area contributed by atoms with E-state index in [1.54, 1.807) is 18.2 Å². The molecule has 0 heterocycles. The van der Waals surface area contributed by atoms with Crippen LogP contribution in [0.4, 0.5) is 4.39 Å². The summed E-state index contributed by atoms with van der Waals surface area (Å²) in [6, 6.07) is 8.12. The molecule has 0 fully saturated rings. The summed E-state index contributed by atoms with van der Waals surface area (Å²) in [4.78, 5) is 10.8. The van der Waals surface area contributed by atoms with Crippen LogP contribution >= 0.6 is 11.6 Å². The number of halogens is 2. The topological polar surface area (TPSA) is 17.1 Å². The molecule has 0 saturated carbocycles. The van der Waals surface area contributed by atoms with Crippen molar-refractivity contribution in [3.8, 4) is 0 Å². The molecule has 0 aliphatic carbocycles. The van der Waals surface area contributed by atoms with Crippen LogP contribution in [0.5, 0.6) is 0 Å². The van der Waals surface area contributed by atoms with Crippen LogP contribution < -0.4 is 0 Å². The fraction of sp³-hybridized carbons (Fsp3) is 0.125. The van der Waals surface area contributed by atoms with Gasteiger partial charge in [0.1, 0.15) is 0 Å². The third-order valence-corrected chi connectivity index (χ3v) is 1.45. The quantitative estimate of drug-likeness (QED) is 0.495. The minimum atomic E-state index is -1.93. The van der Waals surface area contributed by atoms with Crippen molar-refractivity contribution in [2.24, 2.45) is 0 Å². The summed E-state index contributed by atoms with van der Waals surface area (Å²) in [5.41, 5.74) is -1.63. The van der Waals surface area contributed by atoms with Crippen molar-refractivity contribution in [2.75, 3.05) is 0 Å². The van der Waals surface area contributed by atoms with Crippen LogP contribution in [-0.2, 0) is 0 Å². The molecule has 0 aromatic heterocycles. The van der Waals surface area contributed by atoms with Gasteiger partial charge in [-0.3, -0.25) is 4.79 Å². The van der Waals surface area contributed by atoms with Crippen LogP contribution in [0.25, 0.3) is 0 Å². The van der Waals surface area contributed by atoms with Gasteiger partial charge in [0.15, 0.2) is 0 Å². The standard InChI is InChI=1S/C8H6ClFO/c9-8(10)7(11)6-4-2-1-3-5-6/h1-5,8H/t8-/m0/s1. The summed E-state index contributed by atoms with van der Waals surface area (Å²) in [6.45, 7) is 0. The molecule has 1 aromatic carbocycles. The van der Waals surface area contributed by atoms with Crippen LogP contribution in [-0.4, -0.2) is 11.4 Å². The maximum atomic E-state index is 12.2. The first-order chi connectivity index (χ1) is 5.22. The van der Waals surface area contributed by atoms with Gasteiger partial charge < -0.3 is 0 Å². The van der Waals surface area contributed by atoms with Gasteiger partial charge in [-0.15, -0.1) is 0 Å². The summed E-state index contributed by atoms with van der Waals surface area (Å²) in [6.07, 6.45) is 0. The third-order valence-electron chi connectivity index (χ3n) is 1.26. The monoisotopic (exact) mass is 172 g/mol. The average Bonchev–Trinajstić information content (AvgIpc) is 2.05. The lowest BCUT2D eigenvalue weighted by Crippen LogP contribution is -2.08. The van der Waals surface area contributed by atoms with Gasteiger partial charge in [-0.05, 0) is 0 Å². The highest BCUT2D eigenvalue weighted by molar-refractivity contribution is 6.32. The molecule has 0 amide bonds. The summed E-state index contributed by atoms with van der Waals surface area (Å²) >= 11 is 4.95. The van der Waals surface area contributed by atoms with E-state index in [0.717, 1.165) is 0 Å². The molecule has 1 aromatic rings. The summed E-state index contributed by atoms with van der Waals surface area (Å²) in [5.74, 6) is -0.688. The minimum absolute atomic E-state index is 0.301. The SMILES string of the molecule is O=C(c1ccccc1)[C@H](F)Cl. The lowest BCUT2D eigenvalue weighted by Gasteiger charge is -1.97. The Labute approximate surface area is 68.8 Å². The van der Waals surface area contributed by atoms with Gasteiger partial charge in [0, 0.05) is 5.56 Å². The predicted octanol–water partition coefficient (Wildman–Crippen LogP) is 2.40. The van der Waals surface area contributed by atoms with Crippen LogP contribution in [0.2, 0.25) is 0 Å². The number of rotatable bonds is 2. The molecule has 0 radical (unpaired) electrons. The second kappa shape index (κ2) is 3.49. The molecule has 11 heavy (non-hydrogen) atoms. The van der Waals surface area contributed by atoms with E-state index >= 15 is 0 Å². The van der Waals surface area contributed by atoms with Gasteiger partial charge in [-0.2, -0.15) is 0 Å². The number of alkyl halides is 2. The van der Waals surface area contributed by atoms with E-state index in [0.29, 0.717) is 5.56 Å². The summed E-state index contributed by atoms with van der Waals surface area (Å²) in [5, 5.41) is 0. The van der Waals surface area contributed by atoms with Crippen molar-refractivity contribution in [1.29, 1.82) is 0 Å². The smallest absolute Gasteiger partial charge is 0.235 e. The number of hydrogen-bond donors (Lipinski definition) is 0. The highest BCUT2D eigenvalue weighted by Gasteiger charge is 2.14. The molecule has 1 nitrogen and oxygen atoms in total. The summed E-state index contributed by atoms with van der Waals surface area (Å²) in [7, 11) is 0. The van der Waals surface area contributed by atoms with Crippen LogP contribution in [0.1, 0.15) is 10.4 Å². The molecule has 3 heteroatoms. The Balaban J connectivity index is 2.86. The first-order valence-corrected chi connectivity index (χ1v) is 3.53. The molecule has 0 unspecified atom stereocenters. The normalized spacial score (nSPS) is 12.5. The third kappa shape index (κ3) is 2.02. The predicted molar refractivity (Wildman–Crippen MR) is 41.5 cm³/mol. The highest BCUT2D eigenvalue weighted by atomic mass is 35.5. The average molecular weight is 173 g/mol. The minimum Gasteiger partial charge on any atom is -0.289 e. The van der Waals surface area contributed by atoms with Crippen molar-refractivity contribution in [3.05, 3.63) is 35.9 Å². The zero-order valence-corrected chi connectivity index (χ0v) is 6.38. The highest BCUT2D eigenvalue weighted by Crippen LogP contribution is 2.08. The van der Waals surface area contributed by atoms with Gasteiger partial charge in [0.2, 0.25) is 11.4 Å². The van der Waals surface area contributed by atoms with Gasteiger partial charge >= 0.3 is 0 Å². The van der Waals surface area contributed by atoms with E-state index in [1.165, 1.54) is 12.1 Å². The van der Waals surface area contributed by atoms with E-state index in [1.807, 2.05) is 0 Å². The van der Waals surface area contributed by atoms with E-state index in [9.17, 15) is 9.18 Å². The fourth-order valence-electron chi connectivity index (χ4n) is 0.728. The first-order valence-electron chi connectivity index (χ1n) is 3.09. The van der Waals surface area contributed by atoms with Gasteiger partial charge in [-0.25, -0.2) is 4.39 Å². The van der Waals surface area contributed by atoms with Crippen molar-refractivity contribution in [1.82, 2.24) is 0 Å². The van der Waals surface area contributed by atoms with Crippen LogP contribution in [0, 0.1) is 0 Å². The zero-order chi connectivity index (χ0) is 8.27. The van der Waals surface area contributed by atoms with Gasteiger partial charge in [0.25, 0.3) is 0 Å². The van der Waals surface area contributed by atoms with Crippen molar-refractivity contribution in [3.63, 3.8) is 0 Å². The Hall–Kier alpha value is -0.890. The molecular formula is C8H6ClFO. The Morgan fingerprint density at radius 3 is 2.36 bits per heavy atom. The van der Waals surface area contributed by atoms with Crippen molar-refractivity contribution >= 4 is 17.4 Å². The molecule has 1 atom stereocenters. The van der Waals surface area contributed by atoms with E-state index in [-0.39, 0.29) is 0 Å². The maximum absolute atomic E-state index is 12.2. The Bertz CT molecular complexity index is 246. The van der Waals surface area contributed by atoms with Crippen molar-refractivity contribution < 1.29 is 9.18 Å². The molecule has 0 aliphatic rings. The Morgan fingerprint density at radius 2 is 1.91 bits per heavy atom. The first kappa shape index (κ1) is 8.21. The van der Waals surface area contributed by atoms with Crippen LogP contribution in [0.3, 0.4) is 0 Å². The number of Topliss-reactive ketones (excluding diaryl/α,β-unsaturated/α-hetero) is 1. The van der Waals surface area contributed by atoms with Crippen molar-refractivity contribution in [2.45, 2.75) is 5.63 Å². The lowest BCUT2D eigenvalue weighted by molar-refractivity contribution is 0.0934. The van der Waals surface area contributed by atoms with Crippen LogP contribution in [0.15, 0.2) is 30.3 Å². The number of benzene rings is 1. The summed E-state index contributed by atoms with van der Waals surface area (Å²) < 4.78 is 12.2. The molecule has 0 spiro atoms. The maximum Gasteiger partial charge on any atom is 0.235 e. The molecule has 0 aliphatic heterocycles. The lowest BCUT2D eigenvalue weighted by atomic mass is 10.1. The van der Waals surface area contributed by atoms with E-state index in [4.69, 9.17) is 11.6 Å². The Morgan fingerprint density at radius 1 is 1.36 bits per heavy atom. The fourth-order valence-corrected chi connectivity index (χ4v) is 0.854. The number of ketones is 1. The molecular weight excluding hydrogens is 167 g/mol. The second-order valence-electron chi connectivity index (χ2n) is 2.03. The number of hydrogen-bond acceptors (Lipinski definition) is 1. The Kier molecular flexibility index (Phi) is 2.60. The van der Waals surface area contributed by atoms with Gasteiger partial charge in [-0.1, -0.05) is 41.9 Å². The second-order valence-corrected chi connectivity index (χ2v) is 2.41. The number of carbonyl (C=O) groups excluding carboxylic acids is 1. The molecule has 58 valence electrons. The zero-order valence-electron chi connectivity index (χ0n) is 5.63. The van der Waals surface area contributed by atoms with Gasteiger partial charge in [0.05, 0.1) is 0 Å². The largest absolute Gasteiger partial charge is 0.289 e. The number of carbonyl (C=O) groups is 1. The van der Waals surface area contributed by atoms with E-state index in [2.05, 4.69) is 0 Å². The molecule has 1 rings (SSSR count). The van der Waals surface area contributed by atoms with E-state index < -0.39 is 11.4 Å². The molecule has 0 N–H and O–H groups in total. The molecule has 0 bridgehead atoms. The molecule has 0 saturated heterocycles.